The van der Waals surface area contributed by atoms with Crippen LogP contribution in [-0.4, -0.2) is 5.78 Å². The lowest BCUT2D eigenvalue weighted by Crippen LogP contribution is -2.09. The van der Waals surface area contributed by atoms with Crippen molar-refractivity contribution in [2.45, 2.75) is 33.6 Å². The van der Waals surface area contributed by atoms with Gasteiger partial charge in [-0.1, -0.05) is 31.0 Å². The number of Topliss-reactive ketones (excluding diaryl/α,β-unsaturated/α-hetero) is 1. The normalized spacial score (nSPS) is 14.7. The molecule has 0 fully saturated rings. The van der Waals surface area contributed by atoms with Gasteiger partial charge in [0.1, 0.15) is 5.78 Å². The fraction of sp³-hybridized carbons (Fsp3) is 0.667. The number of halogens is 1. The fourth-order valence-electron chi connectivity index (χ4n) is 0.990. The van der Waals surface area contributed by atoms with Crippen LogP contribution in [0.2, 0.25) is 0 Å². The maximum Gasteiger partial charge on any atom is 0.135 e. The molecule has 1 atom stereocenters. The Morgan fingerprint density at radius 2 is 2.18 bits per heavy atom. The quantitative estimate of drug-likeness (QED) is 0.640. The second kappa shape index (κ2) is 5.36. The van der Waals surface area contributed by atoms with Gasteiger partial charge >= 0.3 is 0 Å². The van der Waals surface area contributed by atoms with E-state index in [0.717, 1.165) is 12.0 Å². The predicted molar refractivity (Wildman–Crippen MR) is 48.7 cm³/mol. The Morgan fingerprint density at radius 1 is 1.64 bits per heavy atom. The molecular weight excluding hydrogens is 160 g/mol. The molecule has 0 aromatic rings. The van der Waals surface area contributed by atoms with Crippen molar-refractivity contribution in [3.05, 3.63) is 11.1 Å². The van der Waals surface area contributed by atoms with E-state index in [9.17, 15) is 4.79 Å². The third kappa shape index (κ3) is 4.20. The first kappa shape index (κ1) is 10.7. The molecule has 1 unspecified atom stereocenters. The number of allylic oxidation sites excluding steroid dienone is 1. The number of ketones is 1. The lowest BCUT2D eigenvalue weighted by molar-refractivity contribution is -0.122. The van der Waals surface area contributed by atoms with Crippen molar-refractivity contribution in [3.8, 4) is 0 Å². The zero-order chi connectivity index (χ0) is 8.85. The van der Waals surface area contributed by atoms with E-state index >= 15 is 0 Å². The summed E-state index contributed by atoms with van der Waals surface area (Å²) < 4.78 is 0. The molecule has 0 saturated carbocycles. The largest absolute Gasteiger partial charge is 0.299 e. The molecule has 0 bridgehead atoms. The Hall–Kier alpha value is -0.300. The van der Waals surface area contributed by atoms with E-state index in [1.54, 1.807) is 5.54 Å². The second-order valence-corrected chi connectivity index (χ2v) is 3.10. The average molecular weight is 175 g/mol. The molecule has 0 aromatic carbocycles. The van der Waals surface area contributed by atoms with Crippen molar-refractivity contribution in [1.82, 2.24) is 0 Å². The summed E-state index contributed by atoms with van der Waals surface area (Å²) in [6.45, 7) is 5.76. The summed E-state index contributed by atoms with van der Waals surface area (Å²) in [6.07, 6.45) is 1.41. The molecule has 2 heteroatoms. The van der Waals surface area contributed by atoms with Crippen molar-refractivity contribution in [2.75, 3.05) is 0 Å². The van der Waals surface area contributed by atoms with Crippen LogP contribution in [0.25, 0.3) is 0 Å². The molecule has 0 radical (unpaired) electrons. The third-order valence-corrected chi connectivity index (χ3v) is 2.09. The highest BCUT2D eigenvalue weighted by Crippen LogP contribution is 2.13. The maximum absolute atomic E-state index is 11.1. The van der Waals surface area contributed by atoms with Gasteiger partial charge in [-0.25, -0.2) is 0 Å². The number of rotatable bonds is 4. The van der Waals surface area contributed by atoms with Gasteiger partial charge < -0.3 is 0 Å². The van der Waals surface area contributed by atoms with Crippen LogP contribution in [0.15, 0.2) is 11.1 Å². The number of carbonyl (C=O) groups is 1. The molecule has 0 saturated heterocycles. The topological polar surface area (TPSA) is 17.1 Å². The molecule has 0 aliphatic heterocycles. The van der Waals surface area contributed by atoms with Gasteiger partial charge in [0.2, 0.25) is 0 Å². The summed E-state index contributed by atoms with van der Waals surface area (Å²) in [5.74, 6) is 0.429. The van der Waals surface area contributed by atoms with E-state index in [-0.39, 0.29) is 5.92 Å². The maximum atomic E-state index is 11.1. The Balaban J connectivity index is 3.87. The zero-order valence-corrected chi connectivity index (χ0v) is 8.11. The second-order valence-electron chi connectivity index (χ2n) is 2.88. The Kier molecular flexibility index (Phi) is 5.22. The van der Waals surface area contributed by atoms with Crippen molar-refractivity contribution >= 4 is 17.4 Å². The monoisotopic (exact) mass is 174 g/mol. The minimum absolute atomic E-state index is 0.120. The smallest absolute Gasteiger partial charge is 0.135 e. The lowest BCUT2D eigenvalue weighted by Gasteiger charge is -2.07. The van der Waals surface area contributed by atoms with E-state index in [0.29, 0.717) is 12.2 Å². The average Bonchev–Trinajstić information content (AvgIpc) is 2.02. The van der Waals surface area contributed by atoms with Gasteiger partial charge in [-0.3, -0.25) is 4.79 Å². The fourth-order valence-corrected chi connectivity index (χ4v) is 1.08. The van der Waals surface area contributed by atoms with Crippen molar-refractivity contribution < 1.29 is 4.79 Å². The Labute approximate surface area is 73.4 Å². The molecule has 0 amide bonds. The summed E-state index contributed by atoms with van der Waals surface area (Å²) in [5, 5.41) is 0. The van der Waals surface area contributed by atoms with E-state index in [1.807, 2.05) is 20.8 Å². The van der Waals surface area contributed by atoms with E-state index in [2.05, 4.69) is 0 Å². The minimum Gasteiger partial charge on any atom is -0.299 e. The van der Waals surface area contributed by atoms with Gasteiger partial charge in [-0.15, -0.1) is 0 Å². The molecule has 1 nitrogen and oxygen atoms in total. The molecule has 0 aliphatic carbocycles. The Morgan fingerprint density at radius 3 is 2.55 bits per heavy atom. The molecule has 11 heavy (non-hydrogen) atoms. The highest BCUT2D eigenvalue weighted by Gasteiger charge is 2.10. The van der Waals surface area contributed by atoms with Crippen LogP contribution in [0.1, 0.15) is 33.6 Å². The predicted octanol–water partition coefficient (Wildman–Crippen LogP) is 3.13. The first-order valence-electron chi connectivity index (χ1n) is 3.90. The van der Waals surface area contributed by atoms with Crippen LogP contribution >= 0.6 is 11.6 Å². The van der Waals surface area contributed by atoms with Crippen LogP contribution in [-0.2, 0) is 4.79 Å². The van der Waals surface area contributed by atoms with Crippen molar-refractivity contribution in [2.24, 2.45) is 5.92 Å². The van der Waals surface area contributed by atoms with Crippen LogP contribution in [0.3, 0.4) is 0 Å². The molecule has 64 valence electrons. The summed E-state index contributed by atoms with van der Waals surface area (Å²) in [7, 11) is 0. The van der Waals surface area contributed by atoms with Crippen molar-refractivity contribution in [1.29, 1.82) is 0 Å². The number of hydrogen-bond acceptors (Lipinski definition) is 1. The summed E-state index contributed by atoms with van der Waals surface area (Å²) in [4.78, 5) is 11.1. The standard InChI is InChI=1S/C9H15ClO/c1-4-9(11)8(3)5-7(2)6-10/h6,8H,4-5H2,1-3H3. The molecule has 0 aliphatic rings. The van der Waals surface area contributed by atoms with Crippen LogP contribution < -0.4 is 0 Å². The number of hydrogen-bond donors (Lipinski definition) is 0. The van der Waals surface area contributed by atoms with Gasteiger partial charge in [0, 0.05) is 17.9 Å². The number of carbonyl (C=O) groups excluding carboxylic acids is 1. The van der Waals surface area contributed by atoms with E-state index in [4.69, 9.17) is 11.6 Å². The minimum atomic E-state index is 0.120. The molecule has 0 N–H and O–H groups in total. The van der Waals surface area contributed by atoms with Gasteiger partial charge in [-0.2, -0.15) is 0 Å². The van der Waals surface area contributed by atoms with Crippen molar-refractivity contribution in [3.63, 3.8) is 0 Å². The van der Waals surface area contributed by atoms with E-state index < -0.39 is 0 Å². The first-order valence-corrected chi connectivity index (χ1v) is 4.34. The van der Waals surface area contributed by atoms with E-state index in [1.165, 1.54) is 0 Å². The Bertz CT molecular complexity index is 161. The van der Waals surface area contributed by atoms with Gasteiger partial charge in [0.25, 0.3) is 0 Å². The third-order valence-electron chi connectivity index (χ3n) is 1.71. The van der Waals surface area contributed by atoms with Gasteiger partial charge in [0.15, 0.2) is 0 Å². The van der Waals surface area contributed by atoms with Gasteiger partial charge in [0.05, 0.1) is 0 Å². The molecule has 0 aromatic heterocycles. The summed E-state index contributed by atoms with van der Waals surface area (Å²) in [5.41, 5.74) is 2.61. The summed E-state index contributed by atoms with van der Waals surface area (Å²) >= 11 is 5.47. The lowest BCUT2D eigenvalue weighted by atomic mass is 9.97. The van der Waals surface area contributed by atoms with Crippen LogP contribution in [0.4, 0.5) is 0 Å². The first-order chi connectivity index (χ1) is 5.11. The molecular formula is C9H15ClO. The molecule has 0 rings (SSSR count). The van der Waals surface area contributed by atoms with Crippen LogP contribution in [0.5, 0.6) is 0 Å². The van der Waals surface area contributed by atoms with Gasteiger partial charge in [-0.05, 0) is 13.3 Å². The zero-order valence-electron chi connectivity index (χ0n) is 7.36. The molecule has 0 spiro atoms. The molecule has 0 heterocycles. The highest BCUT2D eigenvalue weighted by atomic mass is 35.5. The SMILES string of the molecule is CCC(=O)C(C)CC(C)=CCl. The van der Waals surface area contributed by atoms with Crippen LogP contribution in [0, 0.1) is 5.92 Å². The highest BCUT2D eigenvalue weighted by molar-refractivity contribution is 6.25. The summed E-state index contributed by atoms with van der Waals surface area (Å²) in [6, 6.07) is 0.